The van der Waals surface area contributed by atoms with Crippen LogP contribution >= 0.6 is 0 Å². The summed E-state index contributed by atoms with van der Waals surface area (Å²) >= 11 is 0. The smallest absolute Gasteiger partial charge is 0.221 e. The molecule has 0 saturated carbocycles. The fourth-order valence-electron chi connectivity index (χ4n) is 1.72. The zero-order valence-electron chi connectivity index (χ0n) is 10.9. The predicted octanol–water partition coefficient (Wildman–Crippen LogP) is 1.69. The van der Waals surface area contributed by atoms with E-state index in [0.717, 1.165) is 0 Å². The van der Waals surface area contributed by atoms with Gasteiger partial charge in [0.25, 0.3) is 0 Å². The first-order chi connectivity index (χ1) is 9.04. The number of benzene rings is 1. The molecule has 0 fully saturated rings. The van der Waals surface area contributed by atoms with Crippen LogP contribution in [0.2, 0.25) is 0 Å². The van der Waals surface area contributed by atoms with Gasteiger partial charge in [-0.15, -0.1) is 0 Å². The first kappa shape index (κ1) is 13.6. The van der Waals surface area contributed by atoms with Gasteiger partial charge >= 0.3 is 0 Å². The van der Waals surface area contributed by atoms with E-state index in [1.54, 1.807) is 43.3 Å². The third-order valence-corrected chi connectivity index (χ3v) is 2.72. The zero-order valence-corrected chi connectivity index (χ0v) is 10.9. The Hall–Kier alpha value is -1.85. The maximum atomic E-state index is 10.9. The van der Waals surface area contributed by atoms with E-state index in [4.69, 9.17) is 9.47 Å². The lowest BCUT2D eigenvalue weighted by molar-refractivity contribution is -0.122. The topological polar surface area (TPSA) is 67.8 Å². The molecule has 0 spiro atoms. The van der Waals surface area contributed by atoms with Gasteiger partial charge in [-0.25, -0.2) is 0 Å². The molecule has 1 heterocycles. The Kier molecular flexibility index (Phi) is 4.19. The summed E-state index contributed by atoms with van der Waals surface area (Å²) in [4.78, 5) is 10.9. The van der Waals surface area contributed by atoms with Crippen molar-refractivity contribution in [2.75, 3.05) is 5.32 Å². The number of nitrogens with one attached hydrogen (secondary N) is 1. The average Bonchev–Trinajstić information content (AvgIpc) is 2.36. The molecule has 2 N–H and O–H groups in total. The first-order valence-electron chi connectivity index (χ1n) is 6.11. The molecule has 1 aliphatic heterocycles. The second-order valence-electron chi connectivity index (χ2n) is 4.41. The first-order valence-corrected chi connectivity index (χ1v) is 6.11. The van der Waals surface area contributed by atoms with Gasteiger partial charge in [0.05, 0.1) is 12.2 Å². The van der Waals surface area contributed by atoms with Crippen molar-refractivity contribution in [1.29, 1.82) is 0 Å². The normalized spacial score (nSPS) is 25.9. The highest BCUT2D eigenvalue weighted by molar-refractivity contribution is 5.88. The summed E-state index contributed by atoms with van der Waals surface area (Å²) in [5.74, 6) is 0.516. The van der Waals surface area contributed by atoms with Crippen molar-refractivity contribution in [3.05, 3.63) is 36.4 Å². The molecule has 2 rings (SSSR count). The standard InChI is InChI=1S/C14H17NO4/c1-9-13(17)7-8-14(18-9)19-12-5-3-11(4-6-12)15-10(2)16/h3-9,13-14,17H,1-2H3,(H,15,16)/t9-,13+,14-/m1/s1. The highest BCUT2D eigenvalue weighted by Crippen LogP contribution is 2.20. The molecule has 102 valence electrons. The molecule has 5 nitrogen and oxygen atoms in total. The van der Waals surface area contributed by atoms with Crippen molar-refractivity contribution in [2.45, 2.75) is 32.3 Å². The summed E-state index contributed by atoms with van der Waals surface area (Å²) in [5, 5.41) is 12.1. The van der Waals surface area contributed by atoms with Crippen LogP contribution in [0.3, 0.4) is 0 Å². The number of amides is 1. The van der Waals surface area contributed by atoms with Crippen LogP contribution in [0.5, 0.6) is 5.75 Å². The van der Waals surface area contributed by atoms with Crippen molar-refractivity contribution in [1.82, 2.24) is 0 Å². The molecule has 0 unspecified atom stereocenters. The van der Waals surface area contributed by atoms with Gasteiger partial charge in [-0.2, -0.15) is 0 Å². The second-order valence-corrected chi connectivity index (χ2v) is 4.41. The molecular formula is C14H17NO4. The van der Waals surface area contributed by atoms with Crippen molar-refractivity contribution in [2.24, 2.45) is 0 Å². The van der Waals surface area contributed by atoms with Crippen LogP contribution in [-0.4, -0.2) is 29.5 Å². The van der Waals surface area contributed by atoms with Crippen LogP contribution in [0.1, 0.15) is 13.8 Å². The maximum Gasteiger partial charge on any atom is 0.221 e. The van der Waals surface area contributed by atoms with Gasteiger partial charge in [0.2, 0.25) is 12.2 Å². The highest BCUT2D eigenvalue weighted by Gasteiger charge is 2.22. The van der Waals surface area contributed by atoms with Crippen molar-refractivity contribution in [3.8, 4) is 5.75 Å². The molecule has 0 radical (unpaired) electrons. The van der Waals surface area contributed by atoms with Gasteiger partial charge in [-0.05, 0) is 37.3 Å². The number of carbonyl (C=O) groups is 1. The summed E-state index contributed by atoms with van der Waals surface area (Å²) in [6, 6.07) is 7.00. The molecular weight excluding hydrogens is 246 g/mol. The van der Waals surface area contributed by atoms with E-state index in [-0.39, 0.29) is 12.0 Å². The summed E-state index contributed by atoms with van der Waals surface area (Å²) in [7, 11) is 0. The van der Waals surface area contributed by atoms with E-state index in [0.29, 0.717) is 11.4 Å². The Morgan fingerprint density at radius 3 is 2.58 bits per heavy atom. The minimum atomic E-state index is -0.595. The minimum Gasteiger partial charge on any atom is -0.461 e. The Labute approximate surface area is 111 Å². The van der Waals surface area contributed by atoms with Crippen LogP contribution in [0.25, 0.3) is 0 Å². The van der Waals surface area contributed by atoms with Gasteiger partial charge in [0.1, 0.15) is 5.75 Å². The van der Waals surface area contributed by atoms with Gasteiger partial charge < -0.3 is 19.9 Å². The largest absolute Gasteiger partial charge is 0.461 e. The summed E-state index contributed by atoms with van der Waals surface area (Å²) in [6.07, 6.45) is 1.93. The van der Waals surface area contributed by atoms with Crippen molar-refractivity contribution >= 4 is 11.6 Å². The number of ether oxygens (including phenoxy) is 2. The quantitative estimate of drug-likeness (QED) is 0.814. The zero-order chi connectivity index (χ0) is 13.8. The fraction of sp³-hybridized carbons (Fsp3) is 0.357. The number of rotatable bonds is 3. The van der Waals surface area contributed by atoms with Gasteiger partial charge in [-0.1, -0.05) is 6.08 Å². The summed E-state index contributed by atoms with van der Waals surface area (Å²) < 4.78 is 11.1. The van der Waals surface area contributed by atoms with E-state index in [1.165, 1.54) is 6.92 Å². The van der Waals surface area contributed by atoms with Crippen LogP contribution in [0, 0.1) is 0 Å². The fourth-order valence-corrected chi connectivity index (χ4v) is 1.72. The van der Waals surface area contributed by atoms with Crippen LogP contribution in [0.4, 0.5) is 5.69 Å². The predicted molar refractivity (Wildman–Crippen MR) is 70.9 cm³/mol. The maximum absolute atomic E-state index is 10.9. The lowest BCUT2D eigenvalue weighted by Gasteiger charge is -2.27. The Balaban J connectivity index is 1.96. The molecule has 0 aliphatic carbocycles. The molecule has 1 aliphatic rings. The Morgan fingerprint density at radius 2 is 2.00 bits per heavy atom. The lowest BCUT2D eigenvalue weighted by atomic mass is 10.2. The summed E-state index contributed by atoms with van der Waals surface area (Å²) in [6.45, 7) is 3.24. The number of aliphatic hydroxyl groups is 1. The van der Waals surface area contributed by atoms with Crippen LogP contribution in [0.15, 0.2) is 36.4 Å². The monoisotopic (exact) mass is 263 g/mol. The number of hydrogen-bond donors (Lipinski definition) is 2. The second kappa shape index (κ2) is 5.86. The van der Waals surface area contributed by atoms with Crippen LogP contribution < -0.4 is 10.1 Å². The lowest BCUT2D eigenvalue weighted by Crippen LogP contribution is -2.35. The minimum absolute atomic E-state index is 0.116. The Bertz CT molecular complexity index is 469. The molecule has 1 aromatic carbocycles. The average molecular weight is 263 g/mol. The molecule has 1 amide bonds. The van der Waals surface area contributed by atoms with E-state index >= 15 is 0 Å². The number of aliphatic hydroxyl groups excluding tert-OH is 1. The third-order valence-electron chi connectivity index (χ3n) is 2.72. The van der Waals surface area contributed by atoms with E-state index in [2.05, 4.69) is 5.32 Å². The van der Waals surface area contributed by atoms with Gasteiger partial charge in [0, 0.05) is 12.6 Å². The molecule has 3 atom stereocenters. The molecule has 19 heavy (non-hydrogen) atoms. The number of carbonyl (C=O) groups excluding carboxylic acids is 1. The molecule has 5 heteroatoms. The molecule has 0 aromatic heterocycles. The summed E-state index contributed by atoms with van der Waals surface area (Å²) in [5.41, 5.74) is 0.712. The SMILES string of the molecule is CC(=O)Nc1ccc(O[C@@H]2C=C[C@H](O)[C@@H](C)O2)cc1. The Morgan fingerprint density at radius 1 is 1.32 bits per heavy atom. The molecule has 0 bridgehead atoms. The van der Waals surface area contributed by atoms with E-state index < -0.39 is 12.4 Å². The van der Waals surface area contributed by atoms with Gasteiger partial charge in [0.15, 0.2) is 0 Å². The van der Waals surface area contributed by atoms with Gasteiger partial charge in [-0.3, -0.25) is 4.79 Å². The van der Waals surface area contributed by atoms with E-state index in [1.807, 2.05) is 0 Å². The highest BCUT2D eigenvalue weighted by atomic mass is 16.7. The van der Waals surface area contributed by atoms with Crippen molar-refractivity contribution in [3.63, 3.8) is 0 Å². The number of anilines is 1. The van der Waals surface area contributed by atoms with Crippen molar-refractivity contribution < 1.29 is 19.4 Å². The number of hydrogen-bond acceptors (Lipinski definition) is 4. The van der Waals surface area contributed by atoms with Crippen LogP contribution in [-0.2, 0) is 9.53 Å². The molecule has 0 saturated heterocycles. The third kappa shape index (κ3) is 3.81. The molecule has 1 aromatic rings. The van der Waals surface area contributed by atoms with E-state index in [9.17, 15) is 9.90 Å².